The van der Waals surface area contributed by atoms with Crippen LogP contribution in [0.5, 0.6) is 0 Å². The lowest BCUT2D eigenvalue weighted by Gasteiger charge is -2.30. The molecular formula is C14H16ClN3O. The van der Waals surface area contributed by atoms with E-state index in [0.29, 0.717) is 22.2 Å². The lowest BCUT2D eigenvalue weighted by Crippen LogP contribution is -2.40. The first-order chi connectivity index (χ1) is 9.10. The van der Waals surface area contributed by atoms with Crippen molar-refractivity contribution in [1.82, 2.24) is 4.90 Å². The Hall–Kier alpha value is -1.73. The first kappa shape index (κ1) is 13.7. The van der Waals surface area contributed by atoms with Gasteiger partial charge in [-0.25, -0.2) is 4.79 Å². The topological polar surface area (TPSA) is 56.1 Å². The third-order valence-electron chi connectivity index (χ3n) is 3.41. The molecular weight excluding hydrogens is 262 g/mol. The summed E-state index contributed by atoms with van der Waals surface area (Å²) in [6, 6.07) is 6.73. The molecule has 1 N–H and O–H groups in total. The standard InChI is InChI=1S/C14H16ClN3O/c1-10-4-6-18(7-5-10)14(19)17-13-8-12(15)3-2-11(13)9-16/h2-3,8,10H,4-7H2,1H3,(H,17,19). The lowest BCUT2D eigenvalue weighted by atomic mass is 10.00. The summed E-state index contributed by atoms with van der Waals surface area (Å²) in [6.07, 6.45) is 2.04. The van der Waals surface area contributed by atoms with Crippen LogP contribution < -0.4 is 5.32 Å². The number of benzene rings is 1. The fourth-order valence-corrected chi connectivity index (χ4v) is 2.30. The van der Waals surface area contributed by atoms with Crippen molar-refractivity contribution in [3.05, 3.63) is 28.8 Å². The van der Waals surface area contributed by atoms with Gasteiger partial charge < -0.3 is 10.2 Å². The highest BCUT2D eigenvalue weighted by Gasteiger charge is 2.20. The van der Waals surface area contributed by atoms with Crippen molar-refractivity contribution in [1.29, 1.82) is 5.26 Å². The Morgan fingerprint density at radius 2 is 2.16 bits per heavy atom. The minimum atomic E-state index is -0.161. The Labute approximate surface area is 118 Å². The number of likely N-dealkylation sites (tertiary alicyclic amines) is 1. The van der Waals surface area contributed by atoms with Gasteiger partial charge in [0.2, 0.25) is 0 Å². The monoisotopic (exact) mass is 277 g/mol. The fraction of sp³-hybridized carbons (Fsp3) is 0.429. The normalized spacial score (nSPS) is 15.9. The summed E-state index contributed by atoms with van der Waals surface area (Å²) in [5, 5.41) is 12.3. The first-order valence-electron chi connectivity index (χ1n) is 6.35. The molecule has 1 heterocycles. The third kappa shape index (κ3) is 3.39. The largest absolute Gasteiger partial charge is 0.325 e. The Morgan fingerprint density at radius 3 is 2.79 bits per heavy atom. The average molecular weight is 278 g/mol. The van der Waals surface area contributed by atoms with Crippen LogP contribution >= 0.6 is 11.6 Å². The van der Waals surface area contributed by atoms with Crippen molar-refractivity contribution in [2.24, 2.45) is 5.92 Å². The van der Waals surface area contributed by atoms with Crippen LogP contribution in [-0.4, -0.2) is 24.0 Å². The van der Waals surface area contributed by atoms with Gasteiger partial charge in [-0.3, -0.25) is 0 Å². The molecule has 100 valence electrons. The molecule has 1 aliphatic heterocycles. The maximum absolute atomic E-state index is 12.1. The zero-order valence-electron chi connectivity index (χ0n) is 10.8. The third-order valence-corrected chi connectivity index (χ3v) is 3.65. The van der Waals surface area contributed by atoms with Crippen LogP contribution in [0.4, 0.5) is 10.5 Å². The van der Waals surface area contributed by atoms with E-state index in [4.69, 9.17) is 16.9 Å². The van der Waals surface area contributed by atoms with Crippen LogP contribution in [0.3, 0.4) is 0 Å². The molecule has 1 aromatic carbocycles. The minimum absolute atomic E-state index is 0.161. The van der Waals surface area contributed by atoms with E-state index < -0.39 is 0 Å². The highest BCUT2D eigenvalue weighted by atomic mass is 35.5. The zero-order chi connectivity index (χ0) is 13.8. The number of hydrogen-bond donors (Lipinski definition) is 1. The van der Waals surface area contributed by atoms with Gasteiger partial charge in [0.15, 0.2) is 0 Å². The molecule has 0 radical (unpaired) electrons. The summed E-state index contributed by atoms with van der Waals surface area (Å²) in [6.45, 7) is 3.71. The molecule has 0 aromatic heterocycles. The second kappa shape index (κ2) is 5.94. The van der Waals surface area contributed by atoms with Crippen molar-refractivity contribution < 1.29 is 4.79 Å². The quantitative estimate of drug-likeness (QED) is 0.854. The van der Waals surface area contributed by atoms with Crippen LogP contribution in [-0.2, 0) is 0 Å². The van der Waals surface area contributed by atoms with Crippen molar-refractivity contribution in [3.8, 4) is 6.07 Å². The number of nitriles is 1. The molecule has 0 spiro atoms. The summed E-state index contributed by atoms with van der Waals surface area (Å²) in [5.74, 6) is 0.671. The Kier molecular flexibility index (Phi) is 4.28. The van der Waals surface area contributed by atoms with E-state index >= 15 is 0 Å². The van der Waals surface area contributed by atoms with Crippen molar-refractivity contribution in [3.63, 3.8) is 0 Å². The number of hydrogen-bond acceptors (Lipinski definition) is 2. The molecule has 19 heavy (non-hydrogen) atoms. The Balaban J connectivity index is 2.07. The maximum atomic E-state index is 12.1. The molecule has 2 rings (SSSR count). The van der Waals surface area contributed by atoms with Gasteiger partial charge in [0.05, 0.1) is 11.3 Å². The second-order valence-corrected chi connectivity index (χ2v) is 5.34. The molecule has 0 atom stereocenters. The fourth-order valence-electron chi connectivity index (χ4n) is 2.12. The van der Waals surface area contributed by atoms with Crippen LogP contribution in [0.2, 0.25) is 5.02 Å². The number of carbonyl (C=O) groups excluding carboxylic acids is 1. The minimum Gasteiger partial charge on any atom is -0.325 e. The predicted octanol–water partition coefficient (Wildman–Crippen LogP) is 3.48. The van der Waals surface area contributed by atoms with Gasteiger partial charge in [0.25, 0.3) is 0 Å². The molecule has 1 saturated heterocycles. The number of urea groups is 1. The first-order valence-corrected chi connectivity index (χ1v) is 6.73. The SMILES string of the molecule is CC1CCN(C(=O)Nc2cc(Cl)ccc2C#N)CC1. The van der Waals surface area contributed by atoms with Crippen LogP contribution in [0.1, 0.15) is 25.3 Å². The average Bonchev–Trinajstić information content (AvgIpc) is 2.39. The van der Waals surface area contributed by atoms with E-state index in [0.717, 1.165) is 25.9 Å². The molecule has 5 heteroatoms. The van der Waals surface area contributed by atoms with Gasteiger partial charge >= 0.3 is 6.03 Å². The molecule has 1 aromatic rings. The van der Waals surface area contributed by atoms with E-state index in [9.17, 15) is 4.79 Å². The molecule has 0 bridgehead atoms. The van der Waals surface area contributed by atoms with E-state index in [1.165, 1.54) is 0 Å². The van der Waals surface area contributed by atoms with E-state index in [1.807, 2.05) is 6.07 Å². The van der Waals surface area contributed by atoms with Gasteiger partial charge in [0, 0.05) is 18.1 Å². The molecule has 1 fully saturated rings. The summed E-state index contributed by atoms with van der Waals surface area (Å²) in [7, 11) is 0. The number of rotatable bonds is 1. The Morgan fingerprint density at radius 1 is 1.47 bits per heavy atom. The van der Waals surface area contributed by atoms with Crippen molar-refractivity contribution in [2.75, 3.05) is 18.4 Å². The second-order valence-electron chi connectivity index (χ2n) is 4.90. The number of carbonyl (C=O) groups is 1. The number of amides is 2. The maximum Gasteiger partial charge on any atom is 0.321 e. The van der Waals surface area contributed by atoms with Crippen LogP contribution in [0.15, 0.2) is 18.2 Å². The van der Waals surface area contributed by atoms with Gasteiger partial charge in [-0.2, -0.15) is 5.26 Å². The molecule has 4 nitrogen and oxygen atoms in total. The number of anilines is 1. The van der Waals surface area contributed by atoms with Crippen LogP contribution in [0.25, 0.3) is 0 Å². The van der Waals surface area contributed by atoms with Gasteiger partial charge in [-0.15, -0.1) is 0 Å². The number of nitrogens with zero attached hydrogens (tertiary/aromatic N) is 2. The van der Waals surface area contributed by atoms with Gasteiger partial charge in [-0.05, 0) is 37.0 Å². The molecule has 0 unspecified atom stereocenters. The summed E-state index contributed by atoms with van der Waals surface area (Å²) >= 11 is 5.89. The number of nitrogens with one attached hydrogen (secondary N) is 1. The van der Waals surface area contributed by atoms with Gasteiger partial charge in [-0.1, -0.05) is 18.5 Å². The molecule has 0 saturated carbocycles. The Bertz CT molecular complexity index is 516. The predicted molar refractivity (Wildman–Crippen MR) is 75.2 cm³/mol. The smallest absolute Gasteiger partial charge is 0.321 e. The van der Waals surface area contributed by atoms with Crippen molar-refractivity contribution >= 4 is 23.3 Å². The highest BCUT2D eigenvalue weighted by Crippen LogP contribution is 2.22. The van der Waals surface area contributed by atoms with E-state index in [1.54, 1.807) is 23.1 Å². The van der Waals surface area contributed by atoms with Crippen LogP contribution in [0, 0.1) is 17.2 Å². The zero-order valence-corrected chi connectivity index (χ0v) is 11.6. The summed E-state index contributed by atoms with van der Waals surface area (Å²) < 4.78 is 0. The lowest BCUT2D eigenvalue weighted by molar-refractivity contribution is 0.186. The molecule has 0 aliphatic carbocycles. The van der Waals surface area contributed by atoms with E-state index in [2.05, 4.69) is 12.2 Å². The highest BCUT2D eigenvalue weighted by molar-refractivity contribution is 6.31. The number of halogens is 1. The van der Waals surface area contributed by atoms with E-state index in [-0.39, 0.29) is 6.03 Å². The summed E-state index contributed by atoms with van der Waals surface area (Å²) in [5.41, 5.74) is 0.891. The van der Waals surface area contributed by atoms with Crippen molar-refractivity contribution in [2.45, 2.75) is 19.8 Å². The molecule has 2 amide bonds. The molecule has 1 aliphatic rings. The number of piperidine rings is 1. The van der Waals surface area contributed by atoms with Gasteiger partial charge in [0.1, 0.15) is 6.07 Å². The summed E-state index contributed by atoms with van der Waals surface area (Å²) in [4.78, 5) is 13.9.